The van der Waals surface area contributed by atoms with Crippen molar-refractivity contribution < 1.29 is 13.2 Å². The van der Waals surface area contributed by atoms with Crippen LogP contribution in [0.4, 0.5) is 18.9 Å². The lowest BCUT2D eigenvalue weighted by atomic mass is 9.98. The Balaban J connectivity index is 2.65. The van der Waals surface area contributed by atoms with Gasteiger partial charge in [0.05, 0.1) is 5.56 Å². The average molecular weight is 237 g/mol. The van der Waals surface area contributed by atoms with E-state index in [0.717, 1.165) is 6.07 Å². The summed E-state index contributed by atoms with van der Waals surface area (Å²) in [5.74, 6) is 0. The largest absolute Gasteiger partial charge is 0.417 e. The van der Waals surface area contributed by atoms with Gasteiger partial charge in [0.15, 0.2) is 0 Å². The van der Waals surface area contributed by atoms with Gasteiger partial charge in [0.2, 0.25) is 0 Å². The van der Waals surface area contributed by atoms with Gasteiger partial charge in [-0.05, 0) is 17.7 Å². The molecule has 0 saturated carbocycles. The number of rotatable bonds is 1. The molecule has 2 N–H and O–H groups in total. The van der Waals surface area contributed by atoms with E-state index in [1.807, 2.05) is 0 Å². The Hall–Kier alpha value is -1.97. The highest BCUT2D eigenvalue weighted by Crippen LogP contribution is 2.38. The topological polar surface area (TPSA) is 26.0 Å². The van der Waals surface area contributed by atoms with Crippen molar-refractivity contribution in [1.29, 1.82) is 0 Å². The molecule has 4 heteroatoms. The molecule has 0 unspecified atom stereocenters. The molecule has 2 rings (SSSR count). The molecule has 88 valence electrons. The van der Waals surface area contributed by atoms with E-state index in [9.17, 15) is 13.2 Å². The third-order valence-electron chi connectivity index (χ3n) is 2.48. The molecule has 0 bridgehead atoms. The smallest absolute Gasteiger partial charge is 0.398 e. The quantitative estimate of drug-likeness (QED) is 0.746. The van der Waals surface area contributed by atoms with Crippen LogP contribution in [0.1, 0.15) is 5.56 Å². The van der Waals surface area contributed by atoms with Crippen molar-refractivity contribution in [2.75, 3.05) is 5.73 Å². The molecule has 0 amide bonds. The van der Waals surface area contributed by atoms with E-state index < -0.39 is 11.7 Å². The maximum Gasteiger partial charge on any atom is 0.417 e. The molecule has 0 spiro atoms. The molecule has 0 aromatic heterocycles. The van der Waals surface area contributed by atoms with Crippen LogP contribution < -0.4 is 5.73 Å². The van der Waals surface area contributed by atoms with Crippen LogP contribution >= 0.6 is 0 Å². The molecule has 17 heavy (non-hydrogen) atoms. The van der Waals surface area contributed by atoms with Gasteiger partial charge in [0.25, 0.3) is 0 Å². The molecular formula is C13H10F3N. The predicted octanol–water partition coefficient (Wildman–Crippen LogP) is 3.95. The van der Waals surface area contributed by atoms with Crippen LogP contribution in [0, 0.1) is 0 Å². The van der Waals surface area contributed by atoms with Crippen LogP contribution in [-0.2, 0) is 6.18 Å². The lowest BCUT2D eigenvalue weighted by Gasteiger charge is -2.13. The third-order valence-corrected chi connectivity index (χ3v) is 2.48. The van der Waals surface area contributed by atoms with Gasteiger partial charge in [-0.2, -0.15) is 13.2 Å². The van der Waals surface area contributed by atoms with Crippen LogP contribution in [0.5, 0.6) is 0 Å². The zero-order valence-corrected chi connectivity index (χ0v) is 8.83. The van der Waals surface area contributed by atoms with Crippen LogP contribution in [-0.4, -0.2) is 0 Å². The van der Waals surface area contributed by atoms with Crippen LogP contribution in [0.2, 0.25) is 0 Å². The minimum Gasteiger partial charge on any atom is -0.398 e. The van der Waals surface area contributed by atoms with Crippen molar-refractivity contribution in [1.82, 2.24) is 0 Å². The fraction of sp³-hybridized carbons (Fsp3) is 0.0769. The van der Waals surface area contributed by atoms with Gasteiger partial charge in [0, 0.05) is 11.3 Å². The zero-order chi connectivity index (χ0) is 12.5. The van der Waals surface area contributed by atoms with Crippen molar-refractivity contribution >= 4 is 5.69 Å². The molecule has 1 nitrogen and oxygen atoms in total. The number of hydrogen-bond donors (Lipinski definition) is 1. The highest BCUT2D eigenvalue weighted by Gasteiger charge is 2.33. The number of alkyl halides is 3. The first-order chi connectivity index (χ1) is 8.00. The first-order valence-corrected chi connectivity index (χ1v) is 5.01. The van der Waals surface area contributed by atoms with Crippen molar-refractivity contribution in [3.8, 4) is 11.1 Å². The number of nitrogen functional groups attached to an aromatic ring is 1. The van der Waals surface area contributed by atoms with Gasteiger partial charge in [-0.25, -0.2) is 0 Å². The molecule has 0 saturated heterocycles. The summed E-state index contributed by atoms with van der Waals surface area (Å²) in [6.07, 6.45) is -4.38. The second-order valence-corrected chi connectivity index (χ2v) is 3.63. The Morgan fingerprint density at radius 2 is 1.29 bits per heavy atom. The van der Waals surface area contributed by atoms with Crippen molar-refractivity contribution in [2.24, 2.45) is 0 Å². The SMILES string of the molecule is Nc1ccccc1-c1ccccc1C(F)(F)F. The Morgan fingerprint density at radius 3 is 1.88 bits per heavy atom. The Labute approximate surface area is 96.7 Å². The Bertz CT molecular complexity index is 532. The summed E-state index contributed by atoms with van der Waals surface area (Å²) < 4.78 is 38.5. The van der Waals surface area contributed by atoms with Crippen LogP contribution in [0.25, 0.3) is 11.1 Å². The molecule has 0 atom stereocenters. The predicted molar refractivity (Wildman–Crippen MR) is 61.3 cm³/mol. The molecule has 0 fully saturated rings. The Morgan fingerprint density at radius 1 is 0.765 bits per heavy atom. The van der Waals surface area contributed by atoms with E-state index in [1.165, 1.54) is 12.1 Å². The van der Waals surface area contributed by atoms with Gasteiger partial charge in [-0.15, -0.1) is 0 Å². The summed E-state index contributed by atoms with van der Waals surface area (Å²) in [5, 5.41) is 0. The number of halogens is 3. The normalized spacial score (nSPS) is 11.5. The monoisotopic (exact) mass is 237 g/mol. The number of hydrogen-bond acceptors (Lipinski definition) is 1. The van der Waals surface area contributed by atoms with Crippen molar-refractivity contribution in [3.05, 3.63) is 54.1 Å². The summed E-state index contributed by atoms with van der Waals surface area (Å²) in [5.41, 5.74) is 5.88. The van der Waals surface area contributed by atoms with Crippen LogP contribution in [0.15, 0.2) is 48.5 Å². The van der Waals surface area contributed by atoms with Crippen molar-refractivity contribution in [2.45, 2.75) is 6.18 Å². The first kappa shape index (κ1) is 11.5. The summed E-state index contributed by atoms with van der Waals surface area (Å²) in [6.45, 7) is 0. The van der Waals surface area contributed by atoms with Gasteiger partial charge in [0.1, 0.15) is 0 Å². The highest BCUT2D eigenvalue weighted by molar-refractivity contribution is 5.78. The molecule has 0 aliphatic heterocycles. The molecule has 2 aromatic rings. The third kappa shape index (κ3) is 2.25. The lowest BCUT2D eigenvalue weighted by Crippen LogP contribution is -2.07. The molecule has 0 aliphatic carbocycles. The zero-order valence-electron chi connectivity index (χ0n) is 8.83. The maximum absolute atomic E-state index is 12.8. The fourth-order valence-corrected chi connectivity index (χ4v) is 1.71. The fourth-order valence-electron chi connectivity index (χ4n) is 1.71. The van der Waals surface area contributed by atoms with E-state index in [-0.39, 0.29) is 5.56 Å². The standard InChI is InChI=1S/C13H10F3N/c14-13(15,16)11-7-3-1-5-9(11)10-6-2-4-8-12(10)17/h1-8H,17H2. The van der Waals surface area contributed by atoms with E-state index in [1.54, 1.807) is 30.3 Å². The summed E-state index contributed by atoms with van der Waals surface area (Å²) in [4.78, 5) is 0. The van der Waals surface area contributed by atoms with Gasteiger partial charge >= 0.3 is 6.18 Å². The van der Waals surface area contributed by atoms with Crippen LogP contribution in [0.3, 0.4) is 0 Å². The first-order valence-electron chi connectivity index (χ1n) is 5.01. The number of benzene rings is 2. The summed E-state index contributed by atoms with van der Waals surface area (Å²) in [7, 11) is 0. The van der Waals surface area contributed by atoms with Gasteiger partial charge in [-0.1, -0.05) is 36.4 Å². The number of para-hydroxylation sites is 1. The van der Waals surface area contributed by atoms with Crippen molar-refractivity contribution in [3.63, 3.8) is 0 Å². The van der Waals surface area contributed by atoms with E-state index >= 15 is 0 Å². The van der Waals surface area contributed by atoms with Gasteiger partial charge < -0.3 is 5.73 Å². The minimum absolute atomic E-state index is 0.109. The lowest BCUT2D eigenvalue weighted by molar-refractivity contribution is -0.137. The number of nitrogens with two attached hydrogens (primary N) is 1. The van der Waals surface area contributed by atoms with Gasteiger partial charge in [-0.3, -0.25) is 0 Å². The summed E-state index contributed by atoms with van der Waals surface area (Å²) in [6, 6.07) is 11.9. The molecule has 0 radical (unpaired) electrons. The minimum atomic E-state index is -4.38. The molecule has 0 heterocycles. The van der Waals surface area contributed by atoms with E-state index in [0.29, 0.717) is 11.3 Å². The Kier molecular flexibility index (Phi) is 2.79. The van der Waals surface area contributed by atoms with E-state index in [4.69, 9.17) is 5.73 Å². The second kappa shape index (κ2) is 4.13. The molecule has 2 aromatic carbocycles. The maximum atomic E-state index is 12.8. The highest BCUT2D eigenvalue weighted by atomic mass is 19.4. The van der Waals surface area contributed by atoms with E-state index in [2.05, 4.69) is 0 Å². The molecule has 0 aliphatic rings. The number of anilines is 1. The average Bonchev–Trinajstić information content (AvgIpc) is 2.28. The second-order valence-electron chi connectivity index (χ2n) is 3.63. The summed E-state index contributed by atoms with van der Waals surface area (Å²) >= 11 is 0. The molecular weight excluding hydrogens is 227 g/mol.